The van der Waals surface area contributed by atoms with Crippen LogP contribution in [0.2, 0.25) is 0 Å². The van der Waals surface area contributed by atoms with E-state index in [1.54, 1.807) is 0 Å². The Balaban J connectivity index is 2.40. The van der Waals surface area contributed by atoms with Gasteiger partial charge in [0.2, 0.25) is 0 Å². The second kappa shape index (κ2) is 6.41. The molecule has 0 saturated heterocycles. The molecule has 0 aliphatic carbocycles. The highest BCUT2D eigenvalue weighted by Crippen LogP contribution is 2.39. The summed E-state index contributed by atoms with van der Waals surface area (Å²) in [4.78, 5) is 26.5. The van der Waals surface area contributed by atoms with Crippen LogP contribution >= 0.6 is 23.2 Å². The summed E-state index contributed by atoms with van der Waals surface area (Å²) >= 11 is 11.4. The van der Waals surface area contributed by atoms with Gasteiger partial charge in [0.25, 0.3) is 10.5 Å². The lowest BCUT2D eigenvalue weighted by Gasteiger charge is -2.07. The van der Waals surface area contributed by atoms with E-state index in [-0.39, 0.29) is 11.4 Å². The predicted octanol–water partition coefficient (Wildman–Crippen LogP) is 5.11. The van der Waals surface area contributed by atoms with Crippen LogP contribution in [-0.4, -0.2) is 15.5 Å². The average Bonchev–Trinajstić information content (AvgIpc) is 2.97. The minimum Gasteiger partial charge on any atom is -0.347 e. The number of halogens is 2. The fourth-order valence-corrected chi connectivity index (χ4v) is 2.87. The first-order valence-electron chi connectivity index (χ1n) is 6.86. The van der Waals surface area contributed by atoms with Crippen LogP contribution in [0, 0.1) is 0 Å². The fraction of sp³-hybridized carbons (Fsp3) is 0. The van der Waals surface area contributed by atoms with Gasteiger partial charge in [-0.05, 0) is 34.3 Å². The number of nitrogens with one attached hydrogen (secondary N) is 1. The Morgan fingerprint density at radius 3 is 1.30 bits per heavy atom. The van der Waals surface area contributed by atoms with Crippen molar-refractivity contribution < 1.29 is 9.59 Å². The van der Waals surface area contributed by atoms with Crippen molar-refractivity contribution in [1.82, 2.24) is 4.98 Å². The molecular formula is C18H11Cl2NO2. The van der Waals surface area contributed by atoms with Gasteiger partial charge in [-0.1, -0.05) is 60.7 Å². The number of rotatable bonds is 4. The molecule has 0 bridgehead atoms. The van der Waals surface area contributed by atoms with E-state index in [4.69, 9.17) is 23.2 Å². The van der Waals surface area contributed by atoms with Crippen LogP contribution in [-0.2, 0) is 0 Å². The first kappa shape index (κ1) is 15.5. The molecule has 3 aromatic rings. The first-order chi connectivity index (χ1) is 11.1. The number of hydrogen-bond acceptors (Lipinski definition) is 2. The lowest BCUT2D eigenvalue weighted by Crippen LogP contribution is -1.94. The first-order valence-corrected chi connectivity index (χ1v) is 7.61. The Kier molecular flexibility index (Phi) is 4.33. The number of hydrogen-bond donors (Lipinski definition) is 1. The minimum absolute atomic E-state index is 0.153. The molecule has 3 nitrogen and oxygen atoms in total. The molecule has 2 aromatic carbocycles. The second-order valence-corrected chi connectivity index (χ2v) is 5.59. The van der Waals surface area contributed by atoms with Gasteiger partial charge < -0.3 is 4.98 Å². The predicted molar refractivity (Wildman–Crippen MR) is 92.0 cm³/mol. The molecule has 0 aliphatic rings. The van der Waals surface area contributed by atoms with Crippen molar-refractivity contribution >= 4 is 33.7 Å². The highest BCUT2D eigenvalue weighted by Gasteiger charge is 2.25. The van der Waals surface area contributed by atoms with E-state index in [2.05, 4.69) is 4.98 Å². The van der Waals surface area contributed by atoms with Crippen LogP contribution in [0.1, 0.15) is 21.0 Å². The van der Waals surface area contributed by atoms with Crippen LogP contribution in [0.25, 0.3) is 22.3 Å². The Morgan fingerprint density at radius 2 is 1.00 bits per heavy atom. The quantitative estimate of drug-likeness (QED) is 0.669. The van der Waals surface area contributed by atoms with Crippen molar-refractivity contribution in [1.29, 1.82) is 0 Å². The Bertz CT molecular complexity index is 799. The van der Waals surface area contributed by atoms with Crippen molar-refractivity contribution in [2.75, 3.05) is 0 Å². The van der Waals surface area contributed by atoms with Gasteiger partial charge in [0.1, 0.15) is 11.4 Å². The molecule has 0 saturated carbocycles. The largest absolute Gasteiger partial charge is 0.347 e. The van der Waals surface area contributed by atoms with Crippen molar-refractivity contribution in [2.24, 2.45) is 0 Å². The third kappa shape index (κ3) is 2.93. The van der Waals surface area contributed by atoms with Crippen molar-refractivity contribution in [3.63, 3.8) is 0 Å². The maximum Gasteiger partial charge on any atom is 0.269 e. The molecule has 0 fully saturated rings. The van der Waals surface area contributed by atoms with Crippen molar-refractivity contribution in [3.05, 3.63) is 72.1 Å². The molecule has 114 valence electrons. The molecule has 5 heteroatoms. The normalized spacial score (nSPS) is 10.5. The molecule has 0 amide bonds. The summed E-state index contributed by atoms with van der Waals surface area (Å²) < 4.78 is 0. The standard InChI is InChI=1S/C18H11Cl2NO2/c19-17(22)15-13(11-7-3-1-4-8-11)14(16(21-15)18(20)23)12-9-5-2-6-10-12/h1-10,21H. The number of carbonyl (C=O) groups is 2. The van der Waals surface area contributed by atoms with E-state index in [9.17, 15) is 9.59 Å². The van der Waals surface area contributed by atoms with Crippen LogP contribution in [0.4, 0.5) is 0 Å². The topological polar surface area (TPSA) is 49.9 Å². The van der Waals surface area contributed by atoms with E-state index >= 15 is 0 Å². The monoisotopic (exact) mass is 343 g/mol. The van der Waals surface area contributed by atoms with Gasteiger partial charge in [0, 0.05) is 11.1 Å². The van der Waals surface area contributed by atoms with E-state index < -0.39 is 10.5 Å². The van der Waals surface area contributed by atoms with Crippen LogP contribution in [0.3, 0.4) is 0 Å². The van der Waals surface area contributed by atoms with Gasteiger partial charge in [-0.2, -0.15) is 0 Å². The van der Waals surface area contributed by atoms with Gasteiger partial charge in [-0.3, -0.25) is 9.59 Å². The van der Waals surface area contributed by atoms with E-state index in [0.717, 1.165) is 11.1 Å². The highest BCUT2D eigenvalue weighted by molar-refractivity contribution is 6.69. The maximum absolute atomic E-state index is 11.8. The Labute approximate surface area is 142 Å². The molecule has 1 heterocycles. The summed E-state index contributed by atoms with van der Waals surface area (Å²) in [5, 5.41) is -1.35. The van der Waals surface area contributed by atoms with Crippen LogP contribution < -0.4 is 0 Å². The minimum atomic E-state index is -0.676. The summed E-state index contributed by atoms with van der Waals surface area (Å²) in [6.45, 7) is 0. The number of benzene rings is 2. The van der Waals surface area contributed by atoms with Crippen LogP contribution in [0.5, 0.6) is 0 Å². The highest BCUT2D eigenvalue weighted by atomic mass is 35.5. The maximum atomic E-state index is 11.8. The van der Waals surface area contributed by atoms with Gasteiger partial charge in [-0.25, -0.2) is 0 Å². The third-order valence-corrected chi connectivity index (χ3v) is 3.90. The van der Waals surface area contributed by atoms with Gasteiger partial charge >= 0.3 is 0 Å². The zero-order valence-corrected chi connectivity index (χ0v) is 13.4. The van der Waals surface area contributed by atoms with E-state index in [0.29, 0.717) is 11.1 Å². The second-order valence-electron chi connectivity index (χ2n) is 4.90. The molecule has 23 heavy (non-hydrogen) atoms. The zero-order valence-electron chi connectivity index (χ0n) is 11.8. The summed E-state index contributed by atoms with van der Waals surface area (Å²) in [6, 6.07) is 18.5. The molecule has 1 aromatic heterocycles. The molecule has 0 spiro atoms. The number of aromatic nitrogens is 1. The Morgan fingerprint density at radius 1 is 0.652 bits per heavy atom. The smallest absolute Gasteiger partial charge is 0.269 e. The summed E-state index contributed by atoms with van der Waals surface area (Å²) in [5.41, 5.74) is 2.99. The van der Waals surface area contributed by atoms with Crippen molar-refractivity contribution in [2.45, 2.75) is 0 Å². The van der Waals surface area contributed by atoms with Crippen LogP contribution in [0.15, 0.2) is 60.7 Å². The van der Waals surface area contributed by atoms with Gasteiger partial charge in [0.15, 0.2) is 0 Å². The molecule has 0 unspecified atom stereocenters. The lowest BCUT2D eigenvalue weighted by atomic mass is 9.95. The molecule has 3 rings (SSSR count). The van der Waals surface area contributed by atoms with Gasteiger partial charge in [-0.15, -0.1) is 0 Å². The average molecular weight is 344 g/mol. The third-order valence-electron chi connectivity index (χ3n) is 3.52. The number of aromatic amines is 1. The summed E-state index contributed by atoms with van der Waals surface area (Å²) in [5.74, 6) is 0. The Hall–Kier alpha value is -2.36. The summed E-state index contributed by atoms with van der Waals surface area (Å²) in [6.07, 6.45) is 0. The molecule has 0 aliphatic heterocycles. The summed E-state index contributed by atoms with van der Waals surface area (Å²) in [7, 11) is 0. The number of carbonyl (C=O) groups excluding carboxylic acids is 2. The SMILES string of the molecule is O=C(Cl)c1[nH]c(C(=O)Cl)c(-c2ccccc2)c1-c1ccccc1. The molecular weight excluding hydrogens is 333 g/mol. The van der Waals surface area contributed by atoms with E-state index in [1.807, 2.05) is 60.7 Å². The fourth-order valence-electron chi connectivity index (χ4n) is 2.58. The number of H-pyrrole nitrogens is 1. The van der Waals surface area contributed by atoms with Crippen molar-refractivity contribution in [3.8, 4) is 22.3 Å². The lowest BCUT2D eigenvalue weighted by molar-refractivity contribution is 0.107. The van der Waals surface area contributed by atoms with E-state index in [1.165, 1.54) is 0 Å². The molecule has 0 radical (unpaired) electrons. The molecule has 1 N–H and O–H groups in total. The van der Waals surface area contributed by atoms with Gasteiger partial charge in [0.05, 0.1) is 0 Å². The molecule has 0 atom stereocenters. The zero-order chi connectivity index (χ0) is 16.4.